The van der Waals surface area contributed by atoms with E-state index in [1.807, 2.05) is 6.92 Å². The predicted octanol–water partition coefficient (Wildman–Crippen LogP) is 2.67. The molecule has 0 saturated heterocycles. The highest BCUT2D eigenvalue weighted by Crippen LogP contribution is 2.25. The third kappa shape index (κ3) is 3.94. The van der Waals surface area contributed by atoms with Crippen LogP contribution in [0.5, 0.6) is 0 Å². The molecule has 3 N–H and O–H groups in total. The molecule has 1 aromatic rings. The quantitative estimate of drug-likeness (QED) is 0.875. The number of nitrogens with two attached hydrogens (primary N) is 1. The summed E-state index contributed by atoms with van der Waals surface area (Å²) < 4.78 is 0. The Morgan fingerprint density at radius 2 is 2.16 bits per heavy atom. The smallest absolute Gasteiger partial charge is 0.254 e. The number of nitrogen functional groups attached to an aromatic ring is 1. The molecule has 4 heteroatoms. The molecular formula is C15H23N3O. The number of rotatable bonds is 4. The van der Waals surface area contributed by atoms with E-state index < -0.39 is 0 Å². The number of anilines is 1. The van der Waals surface area contributed by atoms with Crippen LogP contribution in [0.2, 0.25) is 0 Å². The van der Waals surface area contributed by atoms with Gasteiger partial charge in [0.25, 0.3) is 5.91 Å². The Morgan fingerprint density at radius 1 is 1.42 bits per heavy atom. The minimum absolute atomic E-state index is 0.110. The molecule has 1 aromatic heterocycles. The Bertz CT molecular complexity index is 439. The van der Waals surface area contributed by atoms with Crippen molar-refractivity contribution in [2.75, 3.05) is 12.3 Å². The molecule has 0 aliphatic heterocycles. The fourth-order valence-corrected chi connectivity index (χ4v) is 2.73. The van der Waals surface area contributed by atoms with Gasteiger partial charge in [-0.1, -0.05) is 32.1 Å². The molecule has 0 unspecified atom stereocenters. The summed E-state index contributed by atoms with van der Waals surface area (Å²) in [5.74, 6) is 0.670. The maximum absolute atomic E-state index is 12.0. The lowest BCUT2D eigenvalue weighted by Gasteiger charge is -2.21. The number of aromatic nitrogens is 1. The van der Waals surface area contributed by atoms with E-state index in [4.69, 9.17) is 5.73 Å². The van der Waals surface area contributed by atoms with Gasteiger partial charge < -0.3 is 11.1 Å². The normalized spacial score (nSPS) is 16.3. The van der Waals surface area contributed by atoms with Crippen LogP contribution in [-0.4, -0.2) is 17.4 Å². The SMILES string of the molecule is Cc1cc(N)c(C(=O)NCCC2CCCCC2)cn1. The van der Waals surface area contributed by atoms with Gasteiger partial charge >= 0.3 is 0 Å². The second kappa shape index (κ2) is 6.55. The van der Waals surface area contributed by atoms with Crippen LogP contribution >= 0.6 is 0 Å². The number of amides is 1. The van der Waals surface area contributed by atoms with Crippen LogP contribution in [0.3, 0.4) is 0 Å². The Balaban J connectivity index is 1.80. The molecule has 4 nitrogen and oxygen atoms in total. The van der Waals surface area contributed by atoms with Crippen molar-refractivity contribution >= 4 is 11.6 Å². The molecule has 0 bridgehead atoms. The largest absolute Gasteiger partial charge is 0.398 e. The Morgan fingerprint density at radius 3 is 2.84 bits per heavy atom. The van der Waals surface area contributed by atoms with E-state index in [0.717, 1.165) is 24.6 Å². The highest BCUT2D eigenvalue weighted by molar-refractivity contribution is 5.98. The van der Waals surface area contributed by atoms with Gasteiger partial charge in [0, 0.05) is 24.1 Å². The molecule has 19 heavy (non-hydrogen) atoms. The van der Waals surface area contributed by atoms with Gasteiger partial charge in [-0.05, 0) is 25.3 Å². The second-order valence-corrected chi connectivity index (χ2v) is 5.46. The molecule has 1 aliphatic carbocycles. The first-order valence-corrected chi connectivity index (χ1v) is 7.17. The average Bonchev–Trinajstić information content (AvgIpc) is 2.39. The number of hydrogen-bond donors (Lipinski definition) is 2. The summed E-state index contributed by atoms with van der Waals surface area (Å²) in [6.07, 6.45) is 9.30. The number of carbonyl (C=O) groups excluding carboxylic acids is 1. The van der Waals surface area contributed by atoms with Crippen molar-refractivity contribution in [3.63, 3.8) is 0 Å². The Labute approximate surface area is 114 Å². The zero-order valence-electron chi connectivity index (χ0n) is 11.6. The lowest BCUT2D eigenvalue weighted by atomic mass is 9.87. The van der Waals surface area contributed by atoms with Gasteiger partial charge in [-0.2, -0.15) is 0 Å². The molecule has 0 atom stereocenters. The van der Waals surface area contributed by atoms with Crippen LogP contribution in [0, 0.1) is 12.8 Å². The standard InChI is InChI=1S/C15H23N3O/c1-11-9-14(16)13(10-18-11)15(19)17-8-7-12-5-3-2-4-6-12/h9-10,12H,2-8H2,1H3,(H2,16,18)(H,17,19). The third-order valence-electron chi connectivity index (χ3n) is 3.88. The maximum Gasteiger partial charge on any atom is 0.254 e. The van der Waals surface area contributed by atoms with Crippen LogP contribution in [0.1, 0.15) is 54.6 Å². The highest BCUT2D eigenvalue weighted by atomic mass is 16.1. The van der Waals surface area contributed by atoms with Crippen molar-refractivity contribution in [1.82, 2.24) is 10.3 Å². The van der Waals surface area contributed by atoms with E-state index in [2.05, 4.69) is 10.3 Å². The van der Waals surface area contributed by atoms with Gasteiger partial charge in [0.15, 0.2) is 0 Å². The van der Waals surface area contributed by atoms with E-state index in [9.17, 15) is 4.79 Å². The van der Waals surface area contributed by atoms with Crippen molar-refractivity contribution in [3.05, 3.63) is 23.5 Å². The fraction of sp³-hybridized carbons (Fsp3) is 0.600. The van der Waals surface area contributed by atoms with E-state index >= 15 is 0 Å². The van der Waals surface area contributed by atoms with Gasteiger partial charge in [-0.25, -0.2) is 0 Å². The molecule has 1 fully saturated rings. The monoisotopic (exact) mass is 261 g/mol. The summed E-state index contributed by atoms with van der Waals surface area (Å²) in [6.45, 7) is 2.60. The number of aryl methyl sites for hydroxylation is 1. The van der Waals surface area contributed by atoms with Crippen LogP contribution in [0.25, 0.3) is 0 Å². The molecular weight excluding hydrogens is 238 g/mol. The second-order valence-electron chi connectivity index (χ2n) is 5.46. The molecule has 1 amide bonds. The van der Waals surface area contributed by atoms with E-state index in [1.165, 1.54) is 32.1 Å². The molecule has 0 spiro atoms. The first-order valence-electron chi connectivity index (χ1n) is 7.17. The van der Waals surface area contributed by atoms with E-state index in [1.54, 1.807) is 12.3 Å². The number of nitrogens with zero attached hydrogens (tertiary/aromatic N) is 1. The fourth-order valence-electron chi connectivity index (χ4n) is 2.73. The van der Waals surface area contributed by atoms with Gasteiger partial charge in [0.05, 0.1) is 5.56 Å². The summed E-state index contributed by atoms with van der Waals surface area (Å²) in [4.78, 5) is 16.1. The zero-order valence-corrected chi connectivity index (χ0v) is 11.6. The van der Waals surface area contributed by atoms with Crippen LogP contribution < -0.4 is 11.1 Å². The topological polar surface area (TPSA) is 68.0 Å². The van der Waals surface area contributed by atoms with Crippen molar-refractivity contribution in [2.45, 2.75) is 45.4 Å². The van der Waals surface area contributed by atoms with Crippen molar-refractivity contribution < 1.29 is 4.79 Å². The van der Waals surface area contributed by atoms with Gasteiger partial charge in [-0.15, -0.1) is 0 Å². The van der Waals surface area contributed by atoms with Gasteiger partial charge in [0.2, 0.25) is 0 Å². The Kier molecular flexibility index (Phi) is 4.77. The van der Waals surface area contributed by atoms with E-state index in [-0.39, 0.29) is 5.91 Å². The predicted molar refractivity (Wildman–Crippen MR) is 76.9 cm³/mol. The number of hydrogen-bond acceptors (Lipinski definition) is 3. The van der Waals surface area contributed by atoms with Crippen molar-refractivity contribution in [1.29, 1.82) is 0 Å². The Hall–Kier alpha value is -1.58. The molecule has 1 aliphatic rings. The summed E-state index contributed by atoms with van der Waals surface area (Å²) in [5, 5.41) is 2.95. The first kappa shape index (κ1) is 13.8. The molecule has 0 aromatic carbocycles. The number of pyridine rings is 1. The molecule has 104 valence electrons. The van der Waals surface area contributed by atoms with Crippen LogP contribution in [0.4, 0.5) is 5.69 Å². The maximum atomic E-state index is 12.0. The molecule has 2 rings (SSSR count). The summed E-state index contributed by atoms with van der Waals surface area (Å²) in [5.41, 5.74) is 7.65. The van der Waals surface area contributed by atoms with Crippen LogP contribution in [0.15, 0.2) is 12.3 Å². The minimum Gasteiger partial charge on any atom is -0.398 e. The average molecular weight is 261 g/mol. The summed E-state index contributed by atoms with van der Waals surface area (Å²) in [7, 11) is 0. The molecule has 1 saturated carbocycles. The highest BCUT2D eigenvalue weighted by Gasteiger charge is 2.14. The van der Waals surface area contributed by atoms with E-state index in [0.29, 0.717) is 11.3 Å². The summed E-state index contributed by atoms with van der Waals surface area (Å²) >= 11 is 0. The van der Waals surface area contributed by atoms with Gasteiger partial charge in [0.1, 0.15) is 0 Å². The summed E-state index contributed by atoms with van der Waals surface area (Å²) in [6, 6.07) is 1.73. The third-order valence-corrected chi connectivity index (χ3v) is 3.88. The van der Waals surface area contributed by atoms with Crippen molar-refractivity contribution in [3.8, 4) is 0 Å². The minimum atomic E-state index is -0.110. The first-order chi connectivity index (χ1) is 9.16. The zero-order chi connectivity index (χ0) is 13.7. The molecule has 1 heterocycles. The van der Waals surface area contributed by atoms with Crippen molar-refractivity contribution in [2.24, 2.45) is 5.92 Å². The molecule has 0 radical (unpaired) electrons. The van der Waals surface area contributed by atoms with Crippen LogP contribution in [-0.2, 0) is 0 Å². The number of carbonyl (C=O) groups is 1. The van der Waals surface area contributed by atoms with Gasteiger partial charge in [-0.3, -0.25) is 9.78 Å². The lowest BCUT2D eigenvalue weighted by Crippen LogP contribution is -2.27. The number of nitrogens with one attached hydrogen (secondary N) is 1. The lowest BCUT2D eigenvalue weighted by molar-refractivity contribution is 0.0951.